The van der Waals surface area contributed by atoms with Gasteiger partial charge in [-0.3, -0.25) is 4.90 Å². The van der Waals surface area contributed by atoms with Crippen molar-refractivity contribution in [1.82, 2.24) is 4.90 Å². The number of aliphatic hydroxyl groups is 1. The van der Waals surface area contributed by atoms with Crippen LogP contribution in [-0.4, -0.2) is 33.8 Å². The summed E-state index contributed by atoms with van der Waals surface area (Å²) >= 11 is 1.50. The molecule has 5 heteroatoms. The topological polar surface area (TPSA) is 49.8 Å². The Kier molecular flexibility index (Phi) is 7.82. The summed E-state index contributed by atoms with van der Waals surface area (Å²) in [5, 5.41) is 11.9. The maximum Gasteiger partial charge on any atom is 0.412 e. The Hall–Kier alpha value is -2.76. The fraction of sp³-hybridized carbons (Fsp3) is 0.387. The first-order valence-corrected chi connectivity index (χ1v) is 14.0. The highest BCUT2D eigenvalue weighted by Gasteiger charge is 2.61. The number of rotatable bonds is 9. The van der Waals surface area contributed by atoms with Crippen LogP contribution in [0.5, 0.6) is 0 Å². The monoisotopic (exact) mass is 503 g/mol. The molecule has 3 atom stereocenters. The van der Waals surface area contributed by atoms with E-state index in [-0.39, 0.29) is 17.9 Å². The summed E-state index contributed by atoms with van der Waals surface area (Å²) in [5.41, 5.74) is 0.405. The first-order valence-electron chi connectivity index (χ1n) is 12.7. The molecule has 1 heterocycles. The normalized spacial score (nSPS) is 19.8. The third-order valence-corrected chi connectivity index (χ3v) is 8.15. The number of ether oxygens (including phenoxy) is 1. The van der Waals surface area contributed by atoms with E-state index in [9.17, 15) is 9.90 Å². The first-order chi connectivity index (χ1) is 17.3. The number of hydrogen-bond donors (Lipinski definition) is 1. The van der Waals surface area contributed by atoms with Gasteiger partial charge in [-0.1, -0.05) is 119 Å². The lowest BCUT2D eigenvalue weighted by atomic mass is 9.75. The highest BCUT2D eigenvalue weighted by atomic mass is 32.2. The van der Waals surface area contributed by atoms with Gasteiger partial charge in [0.2, 0.25) is 0 Å². The van der Waals surface area contributed by atoms with Gasteiger partial charge in [-0.25, -0.2) is 4.79 Å². The molecule has 190 valence electrons. The third-order valence-electron chi connectivity index (χ3n) is 7.09. The SMILES string of the molecule is CS[C@H](N1C(=O)OC(c2ccccc2)(c2ccccc2)[C@@H]1C(C)C)[C@](O)(CC(C)C)c1ccccc1. The number of hydrogen-bond acceptors (Lipinski definition) is 4. The fourth-order valence-electron chi connectivity index (χ4n) is 5.84. The lowest BCUT2D eigenvalue weighted by molar-refractivity contribution is -0.0341. The molecule has 4 rings (SSSR count). The smallest absolute Gasteiger partial charge is 0.412 e. The van der Waals surface area contributed by atoms with E-state index in [4.69, 9.17) is 4.74 Å². The van der Waals surface area contributed by atoms with Gasteiger partial charge in [-0.05, 0) is 30.1 Å². The molecular weight excluding hydrogens is 466 g/mol. The summed E-state index contributed by atoms with van der Waals surface area (Å²) in [6.07, 6.45) is 2.08. The summed E-state index contributed by atoms with van der Waals surface area (Å²) in [7, 11) is 0. The van der Waals surface area contributed by atoms with Crippen LogP contribution in [0.25, 0.3) is 0 Å². The molecule has 3 aromatic rings. The van der Waals surface area contributed by atoms with Gasteiger partial charge < -0.3 is 9.84 Å². The van der Waals surface area contributed by atoms with Crippen molar-refractivity contribution in [2.24, 2.45) is 11.8 Å². The van der Waals surface area contributed by atoms with Crippen LogP contribution in [0.15, 0.2) is 91.0 Å². The largest absolute Gasteiger partial charge is 0.431 e. The molecule has 1 saturated heterocycles. The molecule has 1 aliphatic rings. The number of amides is 1. The minimum atomic E-state index is -1.26. The average molecular weight is 504 g/mol. The van der Waals surface area contributed by atoms with Gasteiger partial charge in [-0.15, -0.1) is 11.8 Å². The molecule has 0 radical (unpaired) electrons. The van der Waals surface area contributed by atoms with E-state index in [1.807, 2.05) is 102 Å². The molecule has 1 amide bonds. The Morgan fingerprint density at radius 3 is 1.78 bits per heavy atom. The van der Waals surface area contributed by atoms with Gasteiger partial charge >= 0.3 is 6.09 Å². The van der Waals surface area contributed by atoms with Crippen LogP contribution in [0.1, 0.15) is 50.8 Å². The predicted molar refractivity (Wildman–Crippen MR) is 148 cm³/mol. The number of carbonyl (C=O) groups is 1. The first kappa shape index (κ1) is 26.3. The van der Waals surface area contributed by atoms with E-state index < -0.39 is 22.7 Å². The molecule has 0 saturated carbocycles. The van der Waals surface area contributed by atoms with Crippen molar-refractivity contribution in [2.45, 2.75) is 56.7 Å². The Labute approximate surface area is 219 Å². The van der Waals surface area contributed by atoms with Crippen molar-refractivity contribution in [2.75, 3.05) is 6.26 Å². The second-order valence-electron chi connectivity index (χ2n) is 10.4. The van der Waals surface area contributed by atoms with Crippen molar-refractivity contribution in [3.8, 4) is 0 Å². The minimum Gasteiger partial charge on any atom is -0.431 e. The maximum absolute atomic E-state index is 14.0. The molecule has 0 aliphatic carbocycles. The summed E-state index contributed by atoms with van der Waals surface area (Å²) in [5.74, 6) is 0.263. The molecule has 4 nitrogen and oxygen atoms in total. The van der Waals surface area contributed by atoms with Crippen molar-refractivity contribution in [1.29, 1.82) is 0 Å². The Balaban J connectivity index is 1.94. The average Bonchev–Trinajstić information content (AvgIpc) is 3.19. The van der Waals surface area contributed by atoms with Crippen LogP contribution in [0.3, 0.4) is 0 Å². The van der Waals surface area contributed by atoms with Crippen LogP contribution in [0, 0.1) is 11.8 Å². The van der Waals surface area contributed by atoms with Crippen molar-refractivity contribution in [3.63, 3.8) is 0 Å². The van der Waals surface area contributed by atoms with E-state index in [0.29, 0.717) is 6.42 Å². The molecule has 1 aliphatic heterocycles. The van der Waals surface area contributed by atoms with E-state index >= 15 is 0 Å². The quantitative estimate of drug-likeness (QED) is 0.341. The molecule has 0 bridgehead atoms. The third kappa shape index (κ3) is 4.55. The lowest BCUT2D eigenvalue weighted by Gasteiger charge is -2.45. The van der Waals surface area contributed by atoms with Crippen molar-refractivity contribution >= 4 is 17.9 Å². The second-order valence-corrected chi connectivity index (χ2v) is 11.3. The van der Waals surface area contributed by atoms with Crippen LogP contribution in [-0.2, 0) is 15.9 Å². The molecule has 1 fully saturated rings. The highest BCUT2D eigenvalue weighted by Crippen LogP contribution is 2.51. The van der Waals surface area contributed by atoms with Gasteiger partial charge in [0.15, 0.2) is 5.60 Å². The summed E-state index contributed by atoms with van der Waals surface area (Å²) in [6.45, 7) is 8.46. The second kappa shape index (κ2) is 10.7. The minimum absolute atomic E-state index is 0.0468. The zero-order chi connectivity index (χ0) is 25.9. The zero-order valence-electron chi connectivity index (χ0n) is 21.8. The van der Waals surface area contributed by atoms with Gasteiger partial charge in [-0.2, -0.15) is 0 Å². The van der Waals surface area contributed by atoms with Crippen LogP contribution >= 0.6 is 11.8 Å². The van der Waals surface area contributed by atoms with E-state index in [1.165, 1.54) is 11.8 Å². The Morgan fingerprint density at radius 2 is 1.36 bits per heavy atom. The fourth-order valence-corrected chi connectivity index (χ4v) is 6.91. The molecule has 0 unspecified atom stereocenters. The van der Waals surface area contributed by atoms with Crippen molar-refractivity contribution < 1.29 is 14.6 Å². The van der Waals surface area contributed by atoms with Crippen molar-refractivity contribution in [3.05, 3.63) is 108 Å². The number of nitrogens with zero attached hydrogens (tertiary/aromatic N) is 1. The zero-order valence-corrected chi connectivity index (χ0v) is 22.6. The summed E-state index contributed by atoms with van der Waals surface area (Å²) < 4.78 is 6.49. The van der Waals surface area contributed by atoms with Gasteiger partial charge in [0.25, 0.3) is 0 Å². The molecule has 3 aromatic carbocycles. The number of carbonyl (C=O) groups excluding carboxylic acids is 1. The van der Waals surface area contributed by atoms with E-state index in [1.54, 1.807) is 0 Å². The lowest BCUT2D eigenvalue weighted by Crippen LogP contribution is -2.56. The van der Waals surface area contributed by atoms with Crippen LogP contribution in [0.2, 0.25) is 0 Å². The standard InChI is InChI=1S/C31H37NO3S/c1-22(2)21-30(34,24-15-9-6-10-16-24)28(36-5)32-27(23(3)4)31(35-29(32)33,25-17-11-7-12-18-25)26-19-13-8-14-20-26/h6-20,22-23,27-28,34H,21H2,1-5H3/t27-,28-,30-/m0/s1. The van der Waals surface area contributed by atoms with E-state index in [2.05, 4.69) is 27.7 Å². The summed E-state index contributed by atoms with van der Waals surface area (Å²) in [6, 6.07) is 29.4. The van der Waals surface area contributed by atoms with E-state index in [0.717, 1.165) is 16.7 Å². The number of benzene rings is 3. The molecule has 36 heavy (non-hydrogen) atoms. The van der Waals surface area contributed by atoms with Gasteiger partial charge in [0, 0.05) is 11.1 Å². The molecule has 0 spiro atoms. The molecule has 1 N–H and O–H groups in total. The Bertz CT molecular complexity index is 1100. The highest BCUT2D eigenvalue weighted by molar-refractivity contribution is 7.99. The molecular formula is C31H37NO3S. The molecule has 0 aromatic heterocycles. The number of thioether (sulfide) groups is 1. The number of cyclic esters (lactones) is 1. The summed E-state index contributed by atoms with van der Waals surface area (Å²) in [4.78, 5) is 15.8. The van der Waals surface area contributed by atoms with Crippen LogP contribution < -0.4 is 0 Å². The predicted octanol–water partition coefficient (Wildman–Crippen LogP) is 7.03. The Morgan fingerprint density at radius 1 is 0.889 bits per heavy atom. The van der Waals surface area contributed by atoms with Crippen LogP contribution in [0.4, 0.5) is 4.79 Å². The van der Waals surface area contributed by atoms with Gasteiger partial charge in [0.1, 0.15) is 11.0 Å². The van der Waals surface area contributed by atoms with Gasteiger partial charge in [0.05, 0.1) is 6.04 Å². The maximum atomic E-state index is 14.0.